The van der Waals surface area contributed by atoms with Crippen LogP contribution < -0.4 is 19.5 Å². The smallest absolute Gasteiger partial charge is 0.248 e. The van der Waals surface area contributed by atoms with E-state index in [0.717, 1.165) is 20.3 Å². The van der Waals surface area contributed by atoms with Gasteiger partial charge in [0.1, 0.15) is 17.2 Å². The van der Waals surface area contributed by atoms with Crippen molar-refractivity contribution >= 4 is 49.5 Å². The summed E-state index contributed by atoms with van der Waals surface area (Å²) in [5.41, 5.74) is 1.39. The van der Waals surface area contributed by atoms with Crippen molar-refractivity contribution in [2.24, 2.45) is 0 Å². The number of benzene rings is 2. The van der Waals surface area contributed by atoms with Crippen LogP contribution in [-0.4, -0.2) is 27.2 Å². The lowest BCUT2D eigenvalue weighted by Crippen LogP contribution is -2.09. The molecular formula is C18H17Br2NO4. The van der Waals surface area contributed by atoms with Crippen LogP contribution >= 0.6 is 31.9 Å². The van der Waals surface area contributed by atoms with Crippen LogP contribution in [0.15, 0.2) is 45.4 Å². The highest BCUT2D eigenvalue weighted by molar-refractivity contribution is 9.10. The molecule has 0 aliphatic rings. The summed E-state index contributed by atoms with van der Waals surface area (Å²) >= 11 is 6.80. The second-order valence-corrected chi connectivity index (χ2v) is 6.61. The Bertz CT molecular complexity index is 806. The van der Waals surface area contributed by atoms with E-state index in [1.165, 1.54) is 13.2 Å². The summed E-state index contributed by atoms with van der Waals surface area (Å²) in [7, 11) is 4.69. The molecule has 25 heavy (non-hydrogen) atoms. The first kappa shape index (κ1) is 19.3. The van der Waals surface area contributed by atoms with Crippen LogP contribution in [0.5, 0.6) is 17.2 Å². The van der Waals surface area contributed by atoms with Crippen molar-refractivity contribution in [3.8, 4) is 17.2 Å². The molecule has 2 aromatic rings. The second-order valence-electron chi connectivity index (χ2n) is 4.90. The van der Waals surface area contributed by atoms with E-state index in [9.17, 15) is 4.79 Å². The van der Waals surface area contributed by atoms with Gasteiger partial charge in [-0.1, -0.05) is 6.07 Å². The van der Waals surface area contributed by atoms with E-state index in [-0.39, 0.29) is 5.91 Å². The Balaban J connectivity index is 2.16. The van der Waals surface area contributed by atoms with Crippen molar-refractivity contribution in [1.29, 1.82) is 0 Å². The minimum atomic E-state index is -0.283. The Hall–Kier alpha value is -1.99. The number of amides is 1. The molecule has 0 heterocycles. The monoisotopic (exact) mass is 469 g/mol. The Morgan fingerprint density at radius 1 is 0.920 bits per heavy atom. The summed E-state index contributed by atoms with van der Waals surface area (Å²) in [5.74, 6) is 1.57. The summed E-state index contributed by atoms with van der Waals surface area (Å²) in [6.45, 7) is 0. The highest BCUT2D eigenvalue weighted by Crippen LogP contribution is 2.36. The second kappa shape index (κ2) is 8.92. The highest BCUT2D eigenvalue weighted by atomic mass is 79.9. The molecule has 132 valence electrons. The number of methoxy groups -OCH3 is 3. The van der Waals surface area contributed by atoms with Gasteiger partial charge < -0.3 is 19.5 Å². The fourth-order valence-electron chi connectivity index (χ4n) is 2.09. The van der Waals surface area contributed by atoms with Crippen LogP contribution in [0.3, 0.4) is 0 Å². The number of halogens is 2. The molecule has 1 amide bonds. The van der Waals surface area contributed by atoms with E-state index >= 15 is 0 Å². The summed E-state index contributed by atoms with van der Waals surface area (Å²) < 4.78 is 17.3. The molecule has 0 unspecified atom stereocenters. The first-order valence-corrected chi connectivity index (χ1v) is 8.81. The molecule has 1 N–H and O–H groups in total. The van der Waals surface area contributed by atoms with E-state index in [4.69, 9.17) is 14.2 Å². The fraction of sp³-hybridized carbons (Fsp3) is 0.167. The van der Waals surface area contributed by atoms with Crippen LogP contribution in [0, 0.1) is 0 Å². The van der Waals surface area contributed by atoms with Gasteiger partial charge in [0.05, 0.1) is 36.0 Å². The minimum Gasteiger partial charge on any atom is -0.496 e. The molecule has 0 atom stereocenters. The third-order valence-electron chi connectivity index (χ3n) is 3.33. The SMILES string of the molecule is COc1ccc(/C=C/C(=O)Nc2cc(OC)c(Br)cc2OC)cc1Br. The standard InChI is InChI=1S/C18H17Br2NO4/c1-23-15-6-4-11(8-12(15)19)5-7-18(22)21-14-10-16(24-2)13(20)9-17(14)25-3/h4-10H,1-3H3,(H,21,22)/b7-5+. The highest BCUT2D eigenvalue weighted by Gasteiger charge is 2.11. The maximum absolute atomic E-state index is 12.2. The number of carbonyl (C=O) groups excluding carboxylic acids is 1. The number of carbonyl (C=O) groups is 1. The lowest BCUT2D eigenvalue weighted by atomic mass is 10.2. The van der Waals surface area contributed by atoms with Gasteiger partial charge in [-0.25, -0.2) is 0 Å². The zero-order chi connectivity index (χ0) is 18.4. The van der Waals surface area contributed by atoms with Gasteiger partial charge in [0.25, 0.3) is 0 Å². The van der Waals surface area contributed by atoms with Crippen molar-refractivity contribution < 1.29 is 19.0 Å². The molecule has 0 spiro atoms. The van der Waals surface area contributed by atoms with Crippen molar-refractivity contribution in [3.05, 3.63) is 50.9 Å². The van der Waals surface area contributed by atoms with Crippen molar-refractivity contribution in [2.75, 3.05) is 26.6 Å². The number of hydrogen-bond acceptors (Lipinski definition) is 4. The van der Waals surface area contributed by atoms with Crippen molar-refractivity contribution in [2.45, 2.75) is 0 Å². The molecule has 0 bridgehead atoms. The van der Waals surface area contributed by atoms with Crippen LogP contribution in [0.1, 0.15) is 5.56 Å². The number of ether oxygens (including phenoxy) is 3. The Labute approximate surface area is 163 Å². The molecule has 0 radical (unpaired) electrons. The van der Waals surface area contributed by atoms with E-state index in [0.29, 0.717) is 17.2 Å². The molecule has 2 rings (SSSR count). The average Bonchev–Trinajstić information content (AvgIpc) is 2.61. The van der Waals surface area contributed by atoms with Crippen LogP contribution in [0.2, 0.25) is 0 Å². The Morgan fingerprint density at radius 2 is 1.56 bits per heavy atom. The van der Waals surface area contributed by atoms with Gasteiger partial charge in [0.2, 0.25) is 5.91 Å². The Morgan fingerprint density at radius 3 is 2.16 bits per heavy atom. The molecule has 0 aromatic heterocycles. The molecule has 5 nitrogen and oxygen atoms in total. The molecule has 0 aliphatic heterocycles. The summed E-state index contributed by atoms with van der Waals surface area (Å²) in [5, 5.41) is 2.78. The Kier molecular flexibility index (Phi) is 6.90. The largest absolute Gasteiger partial charge is 0.496 e. The minimum absolute atomic E-state index is 0.283. The zero-order valence-electron chi connectivity index (χ0n) is 13.9. The van der Waals surface area contributed by atoms with Gasteiger partial charge in [-0.15, -0.1) is 0 Å². The molecule has 0 saturated carbocycles. The van der Waals surface area contributed by atoms with E-state index in [1.54, 1.807) is 32.4 Å². The number of hydrogen-bond donors (Lipinski definition) is 1. The number of rotatable bonds is 6. The maximum atomic E-state index is 12.2. The quantitative estimate of drug-likeness (QED) is 0.610. The van der Waals surface area contributed by atoms with Crippen molar-refractivity contribution in [1.82, 2.24) is 0 Å². The van der Waals surface area contributed by atoms with E-state index in [1.807, 2.05) is 18.2 Å². The number of nitrogens with one attached hydrogen (secondary N) is 1. The summed E-state index contributed by atoms with van der Waals surface area (Å²) in [4.78, 5) is 12.2. The summed E-state index contributed by atoms with van der Waals surface area (Å²) in [6, 6.07) is 8.98. The van der Waals surface area contributed by atoms with Gasteiger partial charge in [0, 0.05) is 18.2 Å². The fourth-order valence-corrected chi connectivity index (χ4v) is 3.13. The molecule has 0 aliphatic carbocycles. The first-order chi connectivity index (χ1) is 12.0. The van der Waals surface area contributed by atoms with Gasteiger partial charge in [-0.05, 0) is 55.6 Å². The number of anilines is 1. The molecule has 7 heteroatoms. The van der Waals surface area contributed by atoms with Gasteiger partial charge >= 0.3 is 0 Å². The van der Waals surface area contributed by atoms with E-state index < -0.39 is 0 Å². The normalized spacial score (nSPS) is 10.6. The molecule has 0 fully saturated rings. The van der Waals surface area contributed by atoms with Crippen molar-refractivity contribution in [3.63, 3.8) is 0 Å². The van der Waals surface area contributed by atoms with Gasteiger partial charge in [-0.2, -0.15) is 0 Å². The predicted molar refractivity (Wildman–Crippen MR) is 106 cm³/mol. The van der Waals surface area contributed by atoms with E-state index in [2.05, 4.69) is 37.2 Å². The topological polar surface area (TPSA) is 56.8 Å². The predicted octanol–water partition coefficient (Wildman–Crippen LogP) is 4.89. The third kappa shape index (κ3) is 4.99. The lowest BCUT2D eigenvalue weighted by Gasteiger charge is -2.12. The van der Waals surface area contributed by atoms with Crippen LogP contribution in [-0.2, 0) is 4.79 Å². The first-order valence-electron chi connectivity index (χ1n) is 7.22. The maximum Gasteiger partial charge on any atom is 0.248 e. The van der Waals surface area contributed by atoms with Crippen LogP contribution in [0.25, 0.3) is 6.08 Å². The molecule has 2 aromatic carbocycles. The van der Waals surface area contributed by atoms with Crippen LogP contribution in [0.4, 0.5) is 5.69 Å². The third-order valence-corrected chi connectivity index (χ3v) is 4.57. The average molecular weight is 471 g/mol. The molecular weight excluding hydrogens is 454 g/mol. The molecule has 0 saturated heterocycles. The van der Waals surface area contributed by atoms with Gasteiger partial charge in [-0.3, -0.25) is 4.79 Å². The lowest BCUT2D eigenvalue weighted by molar-refractivity contribution is -0.111. The summed E-state index contributed by atoms with van der Waals surface area (Å²) in [6.07, 6.45) is 3.16. The zero-order valence-corrected chi connectivity index (χ0v) is 17.1. The van der Waals surface area contributed by atoms with Gasteiger partial charge in [0.15, 0.2) is 0 Å².